The molecule has 1 aliphatic rings. The molecule has 14 aromatic rings. The van der Waals surface area contributed by atoms with Crippen LogP contribution < -0.4 is 0 Å². The van der Waals surface area contributed by atoms with E-state index >= 15 is 0 Å². The van der Waals surface area contributed by atoms with Crippen LogP contribution in [0.1, 0.15) is 25.0 Å². The number of nitrogens with zero attached hydrogens (tertiary/aromatic N) is 4. The van der Waals surface area contributed by atoms with Gasteiger partial charge < -0.3 is 9.13 Å². The first-order valence-corrected chi connectivity index (χ1v) is 25.2. The normalized spacial score (nSPS) is 12.9. The van der Waals surface area contributed by atoms with Crippen molar-refractivity contribution >= 4 is 65.2 Å². The molecule has 342 valence electrons. The van der Waals surface area contributed by atoms with Crippen molar-refractivity contribution in [3.05, 3.63) is 254 Å². The quantitative estimate of drug-likeness (QED) is 0.156. The van der Waals surface area contributed by atoms with E-state index in [2.05, 4.69) is 235 Å². The molecule has 3 heterocycles. The maximum absolute atomic E-state index is 5.02. The van der Waals surface area contributed by atoms with Gasteiger partial charge in [0.15, 0.2) is 5.82 Å². The van der Waals surface area contributed by atoms with Gasteiger partial charge in [-0.2, -0.15) is 0 Å². The van der Waals surface area contributed by atoms with Gasteiger partial charge in [-0.1, -0.05) is 202 Å². The molecule has 4 heteroatoms. The van der Waals surface area contributed by atoms with E-state index in [9.17, 15) is 0 Å². The summed E-state index contributed by atoms with van der Waals surface area (Å²) in [7, 11) is 0. The fraction of sp³-hybridized carbons (Fsp3) is 0.0435. The highest BCUT2D eigenvalue weighted by atomic mass is 15.0. The molecule has 1 aliphatic carbocycles. The Morgan fingerprint density at radius 1 is 0.370 bits per heavy atom. The Morgan fingerprint density at radius 2 is 0.973 bits per heavy atom. The lowest BCUT2D eigenvalue weighted by Gasteiger charge is -2.26. The van der Waals surface area contributed by atoms with Gasteiger partial charge in [0.25, 0.3) is 0 Å². The summed E-state index contributed by atoms with van der Waals surface area (Å²) in [5.41, 5.74) is 20.0. The molecular formula is C69H46N4. The molecule has 0 unspecified atom stereocenters. The molecule has 0 N–H and O–H groups in total. The molecule has 11 aromatic carbocycles. The zero-order valence-corrected chi connectivity index (χ0v) is 40.4. The van der Waals surface area contributed by atoms with Crippen molar-refractivity contribution in [3.8, 4) is 67.4 Å². The Hall–Kier alpha value is -9.38. The molecule has 3 aromatic heterocycles. The van der Waals surface area contributed by atoms with Crippen LogP contribution >= 0.6 is 0 Å². The lowest BCUT2D eigenvalue weighted by molar-refractivity contribution is 0.662. The summed E-state index contributed by atoms with van der Waals surface area (Å²) in [4.78, 5) is 9.77. The third-order valence-electron chi connectivity index (χ3n) is 15.8. The second kappa shape index (κ2) is 15.8. The van der Waals surface area contributed by atoms with Crippen LogP contribution in [0, 0.1) is 0 Å². The molecule has 0 radical (unpaired) electrons. The summed E-state index contributed by atoms with van der Waals surface area (Å²) < 4.78 is 4.87. The summed E-state index contributed by atoms with van der Waals surface area (Å²) in [6, 6.07) is 86.6. The molecule has 0 amide bonds. The van der Waals surface area contributed by atoms with Gasteiger partial charge in [-0.3, -0.25) is 0 Å². The zero-order chi connectivity index (χ0) is 48.4. The van der Waals surface area contributed by atoms with E-state index in [1.165, 1.54) is 98.6 Å². The maximum atomic E-state index is 5.02. The predicted octanol–water partition coefficient (Wildman–Crippen LogP) is 18.0. The van der Waals surface area contributed by atoms with Crippen molar-refractivity contribution in [2.75, 3.05) is 0 Å². The fourth-order valence-corrected chi connectivity index (χ4v) is 12.6. The van der Waals surface area contributed by atoms with Crippen LogP contribution in [0.25, 0.3) is 133 Å². The smallest absolute Gasteiger partial charge is 0.159 e. The number of rotatable bonds is 6. The first-order chi connectivity index (χ1) is 36.0. The van der Waals surface area contributed by atoms with Gasteiger partial charge in [-0.15, -0.1) is 0 Å². The van der Waals surface area contributed by atoms with Crippen molar-refractivity contribution in [2.24, 2.45) is 0 Å². The Kier molecular flexibility index (Phi) is 8.97. The maximum Gasteiger partial charge on any atom is 0.159 e. The average Bonchev–Trinajstić information content (AvgIpc) is 4.07. The standard InChI is InChI=1S/C69H46N4/c1-69(2)59-31-12-9-25-57(59)65-53(36-37-54(66(65)69)56-30-17-29-55-51-24-10-13-32-61(51)73(67(55)56)45-21-7-4-8-22-45)48-28-16-27-47-49(48)34-35-52-50(47)38-39-63-64(52)58-26-11-14-33-62(58)72(63)46-23-15-20-44(42-46)68-70-41-40-60(71-68)43-18-5-3-6-19-43/h3-42H,1-2H3. The van der Waals surface area contributed by atoms with Gasteiger partial charge in [-0.25, -0.2) is 9.97 Å². The predicted molar refractivity (Wildman–Crippen MR) is 305 cm³/mol. The van der Waals surface area contributed by atoms with Crippen LogP contribution in [-0.2, 0) is 5.41 Å². The van der Waals surface area contributed by atoms with Gasteiger partial charge >= 0.3 is 0 Å². The largest absolute Gasteiger partial charge is 0.309 e. The molecule has 0 bridgehead atoms. The van der Waals surface area contributed by atoms with Gasteiger partial charge in [0, 0.05) is 61.2 Å². The minimum Gasteiger partial charge on any atom is -0.309 e. The molecule has 0 spiro atoms. The van der Waals surface area contributed by atoms with E-state index in [1.807, 2.05) is 30.5 Å². The third kappa shape index (κ3) is 6.08. The van der Waals surface area contributed by atoms with Crippen molar-refractivity contribution < 1.29 is 0 Å². The highest BCUT2D eigenvalue weighted by Crippen LogP contribution is 2.57. The molecule has 73 heavy (non-hydrogen) atoms. The Bertz CT molecular complexity index is 4580. The van der Waals surface area contributed by atoms with Crippen LogP contribution in [0.3, 0.4) is 0 Å². The Labute approximate surface area is 422 Å². The highest BCUT2D eigenvalue weighted by Gasteiger charge is 2.40. The van der Waals surface area contributed by atoms with E-state index in [4.69, 9.17) is 9.97 Å². The number of benzene rings is 11. The molecule has 4 nitrogen and oxygen atoms in total. The lowest BCUT2D eigenvalue weighted by atomic mass is 9.77. The van der Waals surface area contributed by atoms with Crippen LogP contribution in [0.15, 0.2) is 243 Å². The average molecular weight is 931 g/mol. The SMILES string of the molecule is CC1(C)c2ccccc2-c2c(-c3cccc4c3ccc3c4ccc4c3c3ccccc3n4-c3cccc(-c4nccc(-c5ccccc5)n4)c3)ccc(-c3cccc4c5ccccc5n(-c5ccccc5)c34)c21. The molecule has 0 saturated heterocycles. The second-order valence-electron chi connectivity index (χ2n) is 20.0. The van der Waals surface area contributed by atoms with Crippen LogP contribution in [-0.4, -0.2) is 19.1 Å². The van der Waals surface area contributed by atoms with E-state index in [-0.39, 0.29) is 5.41 Å². The first kappa shape index (κ1) is 41.4. The summed E-state index contributed by atoms with van der Waals surface area (Å²) in [5.74, 6) is 0.702. The molecule has 0 saturated carbocycles. The Balaban J connectivity index is 0.924. The summed E-state index contributed by atoms with van der Waals surface area (Å²) in [6.07, 6.45) is 1.86. The summed E-state index contributed by atoms with van der Waals surface area (Å²) >= 11 is 0. The van der Waals surface area contributed by atoms with Gasteiger partial charge in [0.1, 0.15) is 0 Å². The monoisotopic (exact) mass is 930 g/mol. The number of para-hydroxylation sites is 4. The van der Waals surface area contributed by atoms with Crippen LogP contribution in [0.2, 0.25) is 0 Å². The van der Waals surface area contributed by atoms with E-state index < -0.39 is 0 Å². The van der Waals surface area contributed by atoms with E-state index in [0.29, 0.717) is 5.82 Å². The fourth-order valence-electron chi connectivity index (χ4n) is 12.6. The van der Waals surface area contributed by atoms with Crippen molar-refractivity contribution in [1.29, 1.82) is 0 Å². The summed E-state index contributed by atoms with van der Waals surface area (Å²) in [5, 5.41) is 9.95. The van der Waals surface area contributed by atoms with Crippen LogP contribution in [0.5, 0.6) is 0 Å². The number of hydrogen-bond acceptors (Lipinski definition) is 2. The van der Waals surface area contributed by atoms with Crippen molar-refractivity contribution in [3.63, 3.8) is 0 Å². The molecule has 0 aliphatic heterocycles. The second-order valence-corrected chi connectivity index (χ2v) is 20.0. The Morgan fingerprint density at radius 3 is 1.82 bits per heavy atom. The van der Waals surface area contributed by atoms with E-state index in [0.717, 1.165) is 39.2 Å². The van der Waals surface area contributed by atoms with E-state index in [1.54, 1.807) is 0 Å². The van der Waals surface area contributed by atoms with Gasteiger partial charge in [-0.05, 0) is 109 Å². The lowest BCUT2D eigenvalue weighted by Crippen LogP contribution is -2.16. The first-order valence-electron chi connectivity index (χ1n) is 25.2. The van der Waals surface area contributed by atoms with Gasteiger partial charge in [0.2, 0.25) is 0 Å². The minimum absolute atomic E-state index is 0.265. The van der Waals surface area contributed by atoms with Gasteiger partial charge in [0.05, 0.1) is 27.8 Å². The van der Waals surface area contributed by atoms with Crippen molar-refractivity contribution in [1.82, 2.24) is 19.1 Å². The summed E-state index contributed by atoms with van der Waals surface area (Å²) in [6.45, 7) is 4.84. The number of fused-ring (bicyclic) bond motifs is 13. The number of aromatic nitrogens is 4. The zero-order valence-electron chi connectivity index (χ0n) is 40.4. The minimum atomic E-state index is -0.265. The highest BCUT2D eigenvalue weighted by molar-refractivity contribution is 6.26. The molecule has 0 fully saturated rings. The molecule has 0 atom stereocenters. The third-order valence-corrected chi connectivity index (χ3v) is 15.8. The topological polar surface area (TPSA) is 35.6 Å². The molecular weight excluding hydrogens is 885 g/mol. The van der Waals surface area contributed by atoms with Crippen LogP contribution in [0.4, 0.5) is 0 Å². The van der Waals surface area contributed by atoms with Crippen molar-refractivity contribution in [2.45, 2.75) is 19.3 Å². The number of hydrogen-bond donors (Lipinski definition) is 0. The molecule has 15 rings (SSSR count).